The van der Waals surface area contributed by atoms with Gasteiger partial charge in [-0.15, -0.1) is 0 Å². The highest BCUT2D eigenvalue weighted by molar-refractivity contribution is 5.87. The minimum Gasteiger partial charge on any atom is -0.338 e. The van der Waals surface area contributed by atoms with Crippen LogP contribution in [0, 0.1) is 5.92 Å². The van der Waals surface area contributed by atoms with Gasteiger partial charge in [0.2, 0.25) is 5.91 Å². The molecule has 1 atom stereocenters. The highest BCUT2D eigenvalue weighted by Gasteiger charge is 2.25. The van der Waals surface area contributed by atoms with Gasteiger partial charge >= 0.3 is 0 Å². The number of rotatable bonds is 3. The van der Waals surface area contributed by atoms with Crippen molar-refractivity contribution in [2.75, 3.05) is 27.2 Å². The van der Waals surface area contributed by atoms with Gasteiger partial charge in [0.05, 0.1) is 0 Å². The van der Waals surface area contributed by atoms with Crippen molar-refractivity contribution in [2.24, 2.45) is 5.92 Å². The molecule has 1 fully saturated rings. The molecule has 0 spiro atoms. The van der Waals surface area contributed by atoms with Crippen LogP contribution >= 0.6 is 0 Å². The fraction of sp³-hybridized carbons (Fsp3) is 0.750. The first kappa shape index (κ1) is 12.2. The lowest BCUT2D eigenvalue weighted by Gasteiger charge is -2.19. The van der Waals surface area contributed by atoms with Crippen LogP contribution in [0.1, 0.15) is 20.3 Å². The molecule has 1 heterocycles. The number of carbonyl (C=O) groups excluding carboxylic acids is 1. The fourth-order valence-electron chi connectivity index (χ4n) is 1.74. The smallest absolute Gasteiger partial charge is 0.246 e. The first-order chi connectivity index (χ1) is 7.00. The number of allylic oxidation sites excluding steroid dienone is 1. The van der Waals surface area contributed by atoms with Crippen molar-refractivity contribution in [3.8, 4) is 0 Å². The molecule has 3 heteroatoms. The molecule has 0 aromatic carbocycles. The second kappa shape index (κ2) is 5.31. The van der Waals surface area contributed by atoms with Crippen LogP contribution in [0.5, 0.6) is 0 Å². The minimum atomic E-state index is 0.160. The Balaban J connectivity index is 2.43. The van der Waals surface area contributed by atoms with E-state index in [0.29, 0.717) is 12.0 Å². The van der Waals surface area contributed by atoms with Gasteiger partial charge in [-0.2, -0.15) is 0 Å². The minimum absolute atomic E-state index is 0.160. The van der Waals surface area contributed by atoms with Crippen LogP contribution in [-0.4, -0.2) is 48.9 Å². The summed E-state index contributed by atoms with van der Waals surface area (Å²) in [5.74, 6) is 0.606. The van der Waals surface area contributed by atoms with Crippen molar-refractivity contribution in [1.82, 2.24) is 9.80 Å². The summed E-state index contributed by atoms with van der Waals surface area (Å²) >= 11 is 0. The Morgan fingerprint density at radius 3 is 2.60 bits per heavy atom. The summed E-state index contributed by atoms with van der Waals surface area (Å²) < 4.78 is 0. The molecule has 0 radical (unpaired) electrons. The quantitative estimate of drug-likeness (QED) is 0.657. The Morgan fingerprint density at radius 2 is 2.13 bits per heavy atom. The highest BCUT2D eigenvalue weighted by atomic mass is 16.2. The number of amides is 1. The SMILES string of the molecule is CC(C)/C=C/C(=O)N1CC[C@H](N(C)C)C1. The van der Waals surface area contributed by atoms with Crippen LogP contribution in [0.2, 0.25) is 0 Å². The van der Waals surface area contributed by atoms with E-state index in [-0.39, 0.29) is 5.91 Å². The van der Waals surface area contributed by atoms with Gasteiger partial charge in [0.25, 0.3) is 0 Å². The molecule has 0 unspecified atom stereocenters. The first-order valence-corrected chi connectivity index (χ1v) is 5.64. The Bertz CT molecular complexity index is 246. The number of likely N-dealkylation sites (N-methyl/N-ethyl adjacent to an activating group) is 1. The van der Waals surface area contributed by atoms with E-state index in [2.05, 4.69) is 32.8 Å². The number of carbonyl (C=O) groups is 1. The molecule has 15 heavy (non-hydrogen) atoms. The highest BCUT2D eigenvalue weighted by Crippen LogP contribution is 2.13. The van der Waals surface area contributed by atoms with E-state index in [1.54, 1.807) is 6.08 Å². The van der Waals surface area contributed by atoms with Crippen molar-refractivity contribution in [2.45, 2.75) is 26.3 Å². The third-order valence-corrected chi connectivity index (χ3v) is 2.83. The van der Waals surface area contributed by atoms with Crippen LogP contribution in [-0.2, 0) is 4.79 Å². The van der Waals surface area contributed by atoms with Gasteiger partial charge in [0.1, 0.15) is 0 Å². The zero-order valence-corrected chi connectivity index (χ0v) is 10.2. The van der Waals surface area contributed by atoms with E-state index in [1.807, 2.05) is 11.0 Å². The predicted molar refractivity (Wildman–Crippen MR) is 62.7 cm³/mol. The second-order valence-electron chi connectivity index (χ2n) is 4.79. The average molecular weight is 210 g/mol. The molecule has 86 valence electrons. The van der Waals surface area contributed by atoms with E-state index >= 15 is 0 Å². The van der Waals surface area contributed by atoms with Gasteiger partial charge in [-0.25, -0.2) is 0 Å². The summed E-state index contributed by atoms with van der Waals surface area (Å²) in [5.41, 5.74) is 0. The molecule has 1 rings (SSSR count). The van der Waals surface area contributed by atoms with Crippen molar-refractivity contribution in [3.05, 3.63) is 12.2 Å². The molecule has 0 aromatic heterocycles. The first-order valence-electron chi connectivity index (χ1n) is 5.64. The molecule has 1 amide bonds. The largest absolute Gasteiger partial charge is 0.338 e. The molecule has 0 saturated carbocycles. The maximum absolute atomic E-state index is 11.7. The molecule has 0 aromatic rings. The lowest BCUT2D eigenvalue weighted by molar-refractivity contribution is -0.125. The lowest BCUT2D eigenvalue weighted by atomic mass is 10.2. The van der Waals surface area contributed by atoms with Gasteiger partial charge < -0.3 is 9.80 Å². The van der Waals surface area contributed by atoms with E-state index in [1.165, 1.54) is 0 Å². The fourth-order valence-corrected chi connectivity index (χ4v) is 1.74. The third-order valence-electron chi connectivity index (χ3n) is 2.83. The monoisotopic (exact) mass is 210 g/mol. The molecule has 0 aliphatic carbocycles. The zero-order valence-electron chi connectivity index (χ0n) is 10.2. The van der Waals surface area contributed by atoms with Crippen LogP contribution in [0.4, 0.5) is 0 Å². The zero-order chi connectivity index (χ0) is 11.4. The second-order valence-corrected chi connectivity index (χ2v) is 4.79. The van der Waals surface area contributed by atoms with E-state index < -0.39 is 0 Å². The maximum atomic E-state index is 11.7. The third kappa shape index (κ3) is 3.67. The molecular formula is C12H22N2O. The molecule has 0 bridgehead atoms. The molecule has 3 nitrogen and oxygen atoms in total. The normalized spacial score (nSPS) is 22.3. The van der Waals surface area contributed by atoms with Crippen molar-refractivity contribution in [1.29, 1.82) is 0 Å². The Kier molecular flexibility index (Phi) is 4.33. The number of likely N-dealkylation sites (tertiary alicyclic amines) is 1. The van der Waals surface area contributed by atoms with E-state index in [0.717, 1.165) is 19.5 Å². The van der Waals surface area contributed by atoms with Crippen molar-refractivity contribution < 1.29 is 4.79 Å². The van der Waals surface area contributed by atoms with Crippen LogP contribution in [0.3, 0.4) is 0 Å². The summed E-state index contributed by atoms with van der Waals surface area (Å²) in [6.07, 6.45) is 4.77. The summed E-state index contributed by atoms with van der Waals surface area (Å²) in [6.45, 7) is 5.92. The van der Waals surface area contributed by atoms with E-state index in [9.17, 15) is 4.79 Å². The van der Waals surface area contributed by atoms with E-state index in [4.69, 9.17) is 0 Å². The summed E-state index contributed by atoms with van der Waals surface area (Å²) in [4.78, 5) is 15.9. The number of hydrogen-bond acceptors (Lipinski definition) is 2. The van der Waals surface area contributed by atoms with Gasteiger partial charge in [0.15, 0.2) is 0 Å². The molecular weight excluding hydrogens is 188 g/mol. The molecule has 0 N–H and O–H groups in total. The van der Waals surface area contributed by atoms with Crippen LogP contribution in [0.15, 0.2) is 12.2 Å². The molecule has 1 aliphatic rings. The Hall–Kier alpha value is -0.830. The Morgan fingerprint density at radius 1 is 1.47 bits per heavy atom. The number of nitrogens with zero attached hydrogens (tertiary/aromatic N) is 2. The van der Waals surface area contributed by atoms with Crippen LogP contribution < -0.4 is 0 Å². The van der Waals surface area contributed by atoms with Gasteiger partial charge in [-0.3, -0.25) is 4.79 Å². The average Bonchev–Trinajstić information content (AvgIpc) is 2.62. The number of hydrogen-bond donors (Lipinski definition) is 0. The molecule has 1 saturated heterocycles. The van der Waals surface area contributed by atoms with Crippen LogP contribution in [0.25, 0.3) is 0 Å². The van der Waals surface area contributed by atoms with Gasteiger partial charge in [-0.05, 0) is 32.5 Å². The topological polar surface area (TPSA) is 23.6 Å². The standard InChI is InChI=1S/C12H22N2O/c1-10(2)5-6-12(15)14-8-7-11(9-14)13(3)4/h5-6,10-11H,7-9H2,1-4H3/b6-5+/t11-/m0/s1. The van der Waals surface area contributed by atoms with Crippen molar-refractivity contribution >= 4 is 5.91 Å². The van der Waals surface area contributed by atoms with Gasteiger partial charge in [0, 0.05) is 19.1 Å². The summed E-state index contributed by atoms with van der Waals surface area (Å²) in [7, 11) is 4.14. The Labute approximate surface area is 92.7 Å². The van der Waals surface area contributed by atoms with Gasteiger partial charge in [-0.1, -0.05) is 19.9 Å². The molecule has 1 aliphatic heterocycles. The summed E-state index contributed by atoms with van der Waals surface area (Å²) in [5, 5.41) is 0. The summed E-state index contributed by atoms with van der Waals surface area (Å²) in [6, 6.07) is 0.529. The van der Waals surface area contributed by atoms with Crippen molar-refractivity contribution in [3.63, 3.8) is 0 Å². The predicted octanol–water partition coefficient (Wildman–Crippen LogP) is 1.36. The maximum Gasteiger partial charge on any atom is 0.246 e. The lowest BCUT2D eigenvalue weighted by Crippen LogP contribution is -2.33.